The molecule has 0 bridgehead atoms. The van der Waals surface area contributed by atoms with Gasteiger partial charge in [0, 0.05) is 25.8 Å². The van der Waals surface area contributed by atoms with Crippen LogP contribution in [0.15, 0.2) is 36.8 Å². The number of hydrogen-bond donors (Lipinski definition) is 0. The van der Waals surface area contributed by atoms with Crippen LogP contribution in [0.25, 0.3) is 5.69 Å². The van der Waals surface area contributed by atoms with E-state index in [4.69, 9.17) is 4.74 Å². The lowest BCUT2D eigenvalue weighted by Crippen LogP contribution is -2.45. The van der Waals surface area contributed by atoms with Crippen LogP contribution in [0.1, 0.15) is 30.3 Å². The van der Waals surface area contributed by atoms with Gasteiger partial charge in [-0.15, -0.1) is 0 Å². The third-order valence-corrected chi connectivity index (χ3v) is 5.15. The first-order valence-corrected chi connectivity index (χ1v) is 9.88. The molecule has 0 saturated carbocycles. The highest BCUT2D eigenvalue weighted by Gasteiger charge is 2.29. The number of aromatic nitrogens is 2. The number of carbonyl (C=O) groups excluding carboxylic acids is 3. The summed E-state index contributed by atoms with van der Waals surface area (Å²) in [5.74, 6) is -1.32. The van der Waals surface area contributed by atoms with Crippen molar-refractivity contribution in [2.24, 2.45) is 5.92 Å². The third kappa shape index (κ3) is 4.84. The first kappa shape index (κ1) is 21.5. The van der Waals surface area contributed by atoms with Gasteiger partial charge in [0.15, 0.2) is 0 Å². The Balaban J connectivity index is 1.59. The minimum Gasteiger partial charge on any atom is -0.466 e. The maximum absolute atomic E-state index is 13.2. The SMILES string of the molecule is CCOC(=O)C1CCN(C(=O)CN(C)C(=O)c2cncn2-c2ccc(F)cc2)CC1. The molecule has 1 aromatic heterocycles. The molecular formula is C21H25FN4O4. The van der Waals surface area contributed by atoms with Gasteiger partial charge in [-0.3, -0.25) is 19.0 Å². The molecule has 1 saturated heterocycles. The Kier molecular flexibility index (Phi) is 6.81. The predicted octanol–water partition coefficient (Wildman–Crippen LogP) is 1.89. The third-order valence-electron chi connectivity index (χ3n) is 5.15. The van der Waals surface area contributed by atoms with Crippen molar-refractivity contribution in [1.29, 1.82) is 0 Å². The first-order chi connectivity index (χ1) is 14.4. The minimum atomic E-state index is -0.374. The van der Waals surface area contributed by atoms with Gasteiger partial charge in [0.2, 0.25) is 5.91 Å². The van der Waals surface area contributed by atoms with Gasteiger partial charge in [-0.2, -0.15) is 0 Å². The summed E-state index contributed by atoms with van der Waals surface area (Å²) < 4.78 is 19.8. The van der Waals surface area contributed by atoms with Gasteiger partial charge in [0.25, 0.3) is 5.91 Å². The molecule has 0 spiro atoms. The second kappa shape index (κ2) is 9.51. The van der Waals surface area contributed by atoms with E-state index in [0.29, 0.717) is 38.2 Å². The average molecular weight is 416 g/mol. The molecule has 1 aliphatic rings. The molecule has 160 valence electrons. The average Bonchev–Trinajstić information content (AvgIpc) is 3.23. The summed E-state index contributed by atoms with van der Waals surface area (Å²) in [6, 6.07) is 5.70. The minimum absolute atomic E-state index is 0.0858. The van der Waals surface area contributed by atoms with Crippen LogP contribution in [0.2, 0.25) is 0 Å². The summed E-state index contributed by atoms with van der Waals surface area (Å²) >= 11 is 0. The van der Waals surface area contributed by atoms with Gasteiger partial charge in [0.05, 0.1) is 31.6 Å². The number of esters is 1. The normalized spacial score (nSPS) is 14.4. The number of amides is 2. The van der Waals surface area contributed by atoms with Crippen molar-refractivity contribution in [2.45, 2.75) is 19.8 Å². The van der Waals surface area contributed by atoms with Crippen molar-refractivity contribution in [3.63, 3.8) is 0 Å². The van der Waals surface area contributed by atoms with E-state index in [1.807, 2.05) is 0 Å². The monoisotopic (exact) mass is 416 g/mol. The molecule has 1 aromatic carbocycles. The molecule has 0 N–H and O–H groups in total. The second-order valence-electron chi connectivity index (χ2n) is 7.19. The Morgan fingerprint density at radius 3 is 2.50 bits per heavy atom. The molecule has 3 rings (SSSR count). The Bertz CT molecular complexity index is 904. The number of hydrogen-bond acceptors (Lipinski definition) is 5. The highest BCUT2D eigenvalue weighted by Crippen LogP contribution is 2.19. The highest BCUT2D eigenvalue weighted by molar-refractivity contribution is 5.95. The quantitative estimate of drug-likeness (QED) is 0.672. The molecule has 1 fully saturated rings. The van der Waals surface area contributed by atoms with Crippen LogP contribution in [0.4, 0.5) is 4.39 Å². The van der Waals surface area contributed by atoms with Crippen LogP contribution >= 0.6 is 0 Å². The van der Waals surface area contributed by atoms with Crippen molar-refractivity contribution < 1.29 is 23.5 Å². The Morgan fingerprint density at radius 2 is 1.87 bits per heavy atom. The fourth-order valence-corrected chi connectivity index (χ4v) is 3.46. The van der Waals surface area contributed by atoms with Gasteiger partial charge in [-0.1, -0.05) is 0 Å². The van der Waals surface area contributed by atoms with Crippen molar-refractivity contribution >= 4 is 17.8 Å². The zero-order valence-corrected chi connectivity index (χ0v) is 17.1. The topological polar surface area (TPSA) is 84.7 Å². The van der Waals surface area contributed by atoms with E-state index >= 15 is 0 Å². The molecule has 0 radical (unpaired) electrons. The first-order valence-electron chi connectivity index (χ1n) is 9.88. The van der Waals surface area contributed by atoms with Crippen LogP contribution in [0.5, 0.6) is 0 Å². The number of ether oxygens (including phenoxy) is 1. The van der Waals surface area contributed by atoms with E-state index in [2.05, 4.69) is 4.98 Å². The van der Waals surface area contributed by atoms with E-state index in [9.17, 15) is 18.8 Å². The lowest BCUT2D eigenvalue weighted by atomic mass is 9.97. The van der Waals surface area contributed by atoms with Gasteiger partial charge in [-0.05, 0) is 44.0 Å². The van der Waals surface area contributed by atoms with Crippen LogP contribution in [0, 0.1) is 11.7 Å². The Hall–Kier alpha value is -3.23. The van der Waals surface area contributed by atoms with E-state index in [0.717, 1.165) is 0 Å². The summed E-state index contributed by atoms with van der Waals surface area (Å²) in [7, 11) is 1.55. The molecule has 1 aliphatic heterocycles. The number of halogens is 1. The highest BCUT2D eigenvalue weighted by atomic mass is 19.1. The number of rotatable bonds is 6. The smallest absolute Gasteiger partial charge is 0.309 e. The van der Waals surface area contributed by atoms with Crippen molar-refractivity contribution in [3.8, 4) is 5.69 Å². The largest absolute Gasteiger partial charge is 0.466 e. The summed E-state index contributed by atoms with van der Waals surface area (Å²) in [5.41, 5.74) is 0.871. The Labute approximate surface area is 174 Å². The van der Waals surface area contributed by atoms with Crippen molar-refractivity contribution in [1.82, 2.24) is 19.4 Å². The number of piperidine rings is 1. The zero-order chi connectivity index (χ0) is 21.7. The van der Waals surface area contributed by atoms with E-state index in [1.165, 1.54) is 29.6 Å². The molecule has 2 heterocycles. The lowest BCUT2D eigenvalue weighted by Gasteiger charge is -2.32. The molecule has 2 aromatic rings. The van der Waals surface area contributed by atoms with E-state index < -0.39 is 0 Å². The molecule has 0 aliphatic carbocycles. The number of likely N-dealkylation sites (tertiary alicyclic amines) is 1. The number of nitrogens with zero attached hydrogens (tertiary/aromatic N) is 4. The molecule has 9 heteroatoms. The summed E-state index contributed by atoms with van der Waals surface area (Å²) in [5, 5.41) is 0. The maximum atomic E-state index is 13.2. The van der Waals surface area contributed by atoms with Gasteiger partial charge in [-0.25, -0.2) is 9.37 Å². The lowest BCUT2D eigenvalue weighted by molar-refractivity contribution is -0.151. The van der Waals surface area contributed by atoms with Crippen LogP contribution < -0.4 is 0 Å². The van der Waals surface area contributed by atoms with Gasteiger partial charge in [0.1, 0.15) is 11.5 Å². The maximum Gasteiger partial charge on any atom is 0.309 e. The van der Waals surface area contributed by atoms with Gasteiger partial charge < -0.3 is 14.5 Å². The molecule has 0 unspecified atom stereocenters. The molecule has 2 amide bonds. The van der Waals surface area contributed by atoms with E-state index in [1.54, 1.807) is 35.6 Å². The number of benzene rings is 1. The summed E-state index contributed by atoms with van der Waals surface area (Å²) in [4.78, 5) is 44.3. The summed E-state index contributed by atoms with van der Waals surface area (Å²) in [6.45, 7) is 2.94. The number of likely N-dealkylation sites (N-methyl/N-ethyl adjacent to an activating group) is 1. The van der Waals surface area contributed by atoms with Crippen molar-refractivity contribution in [3.05, 3.63) is 48.3 Å². The fraction of sp³-hybridized carbons (Fsp3) is 0.429. The van der Waals surface area contributed by atoms with Crippen LogP contribution in [0.3, 0.4) is 0 Å². The number of imidazole rings is 1. The molecule has 8 nitrogen and oxygen atoms in total. The van der Waals surface area contributed by atoms with Gasteiger partial charge >= 0.3 is 5.97 Å². The second-order valence-corrected chi connectivity index (χ2v) is 7.19. The number of carbonyl (C=O) groups is 3. The molecule has 30 heavy (non-hydrogen) atoms. The predicted molar refractivity (Wildman–Crippen MR) is 106 cm³/mol. The van der Waals surface area contributed by atoms with E-state index in [-0.39, 0.29) is 41.8 Å². The standard InChI is InChI=1S/C21H25FN4O4/c1-3-30-21(29)15-8-10-25(11-9-15)19(27)13-24(2)20(28)18-12-23-14-26(18)17-6-4-16(22)5-7-17/h4-7,12,14-15H,3,8-11,13H2,1-2H3. The van der Waals surface area contributed by atoms with Crippen LogP contribution in [-0.4, -0.2) is 70.4 Å². The Morgan fingerprint density at radius 1 is 1.20 bits per heavy atom. The van der Waals surface area contributed by atoms with Crippen LogP contribution in [-0.2, 0) is 14.3 Å². The molecule has 0 atom stereocenters. The fourth-order valence-electron chi connectivity index (χ4n) is 3.46. The van der Waals surface area contributed by atoms with Crippen molar-refractivity contribution in [2.75, 3.05) is 33.3 Å². The zero-order valence-electron chi connectivity index (χ0n) is 17.1. The summed E-state index contributed by atoms with van der Waals surface area (Å²) in [6.07, 6.45) is 3.99. The molecular weight excluding hydrogens is 391 g/mol.